The van der Waals surface area contributed by atoms with Crippen molar-refractivity contribution in [3.63, 3.8) is 0 Å². The number of ether oxygens (including phenoxy) is 2. The molecule has 39 heavy (non-hydrogen) atoms. The Labute approximate surface area is 227 Å². The van der Waals surface area contributed by atoms with E-state index in [1.807, 2.05) is 12.1 Å². The Balaban J connectivity index is 1.22. The van der Waals surface area contributed by atoms with E-state index in [1.165, 1.54) is 25.6 Å². The van der Waals surface area contributed by atoms with Gasteiger partial charge >= 0.3 is 0 Å². The second-order valence-corrected chi connectivity index (χ2v) is 9.50. The van der Waals surface area contributed by atoms with Gasteiger partial charge in [0.1, 0.15) is 17.1 Å². The van der Waals surface area contributed by atoms with Crippen LogP contribution in [0.4, 0.5) is 26.1 Å². The molecule has 0 amide bonds. The van der Waals surface area contributed by atoms with Crippen LogP contribution in [0.1, 0.15) is 24.0 Å². The summed E-state index contributed by atoms with van der Waals surface area (Å²) in [7, 11) is 2.99. The van der Waals surface area contributed by atoms with Gasteiger partial charge < -0.3 is 25.0 Å². The molecule has 2 N–H and O–H groups in total. The van der Waals surface area contributed by atoms with Crippen molar-refractivity contribution in [1.29, 1.82) is 0 Å². The van der Waals surface area contributed by atoms with E-state index in [9.17, 15) is 8.78 Å². The number of hydrogen-bond acceptors (Lipinski definition) is 8. The predicted octanol–water partition coefficient (Wildman–Crippen LogP) is 3.79. The Bertz CT molecular complexity index is 1340. The number of piperidine rings is 1. The second kappa shape index (κ2) is 12.3. The molecular formula is C29H32F2N6O2. The number of halogens is 2. The lowest BCUT2D eigenvalue weighted by Gasteiger charge is -2.41. The third-order valence-corrected chi connectivity index (χ3v) is 7.17. The molecule has 204 valence electrons. The number of nitrogens with one attached hydrogen (secondary N) is 2. The summed E-state index contributed by atoms with van der Waals surface area (Å²) in [6.45, 7) is 6.39. The average Bonchev–Trinajstić information content (AvgIpc) is 2.98. The predicted molar refractivity (Wildman–Crippen MR) is 147 cm³/mol. The SMILES string of the molecule is COc1cc(Nc2ncc(C#Cc3c(F)ccc(OC)c3F)cn2)ccc1N1CCC(N2CCNCC2)CC1. The highest BCUT2D eigenvalue weighted by atomic mass is 19.1. The maximum atomic E-state index is 14.3. The van der Waals surface area contributed by atoms with E-state index in [0.29, 0.717) is 17.6 Å². The molecule has 0 aliphatic carbocycles. The summed E-state index contributed by atoms with van der Waals surface area (Å²) in [6, 6.07) is 8.95. The van der Waals surface area contributed by atoms with E-state index < -0.39 is 11.6 Å². The highest BCUT2D eigenvalue weighted by Gasteiger charge is 2.26. The fourth-order valence-electron chi connectivity index (χ4n) is 5.06. The smallest absolute Gasteiger partial charge is 0.227 e. The topological polar surface area (TPSA) is 74.8 Å². The molecule has 5 rings (SSSR count). The molecule has 2 fully saturated rings. The fourth-order valence-corrected chi connectivity index (χ4v) is 5.06. The third-order valence-electron chi connectivity index (χ3n) is 7.17. The number of anilines is 3. The molecule has 0 radical (unpaired) electrons. The quantitative estimate of drug-likeness (QED) is 0.463. The maximum Gasteiger partial charge on any atom is 0.227 e. The van der Waals surface area contributed by atoms with E-state index in [0.717, 1.165) is 75.3 Å². The van der Waals surface area contributed by atoms with Crippen LogP contribution in [0.2, 0.25) is 0 Å². The van der Waals surface area contributed by atoms with Crippen molar-refractivity contribution in [1.82, 2.24) is 20.2 Å². The van der Waals surface area contributed by atoms with Crippen molar-refractivity contribution in [2.45, 2.75) is 18.9 Å². The number of methoxy groups -OCH3 is 2. The second-order valence-electron chi connectivity index (χ2n) is 9.50. The van der Waals surface area contributed by atoms with Crippen LogP contribution in [-0.2, 0) is 0 Å². The molecule has 3 heterocycles. The Hall–Kier alpha value is -3.94. The zero-order valence-electron chi connectivity index (χ0n) is 22.1. The molecular weight excluding hydrogens is 502 g/mol. The molecule has 0 bridgehead atoms. The van der Waals surface area contributed by atoms with Crippen molar-refractivity contribution in [3.05, 3.63) is 65.5 Å². The number of nitrogens with zero attached hydrogens (tertiary/aromatic N) is 4. The van der Waals surface area contributed by atoms with Gasteiger partial charge in [0.2, 0.25) is 5.95 Å². The van der Waals surface area contributed by atoms with Gasteiger partial charge in [0, 0.05) is 69.5 Å². The lowest BCUT2D eigenvalue weighted by atomic mass is 10.0. The van der Waals surface area contributed by atoms with E-state index in [1.54, 1.807) is 7.11 Å². The molecule has 10 heteroatoms. The van der Waals surface area contributed by atoms with Gasteiger partial charge in [0.05, 0.1) is 25.5 Å². The normalized spacial score (nSPS) is 16.4. The summed E-state index contributed by atoms with van der Waals surface area (Å²) in [5, 5.41) is 6.60. The summed E-state index contributed by atoms with van der Waals surface area (Å²) in [6.07, 6.45) is 5.27. The third kappa shape index (κ3) is 6.21. The first-order chi connectivity index (χ1) is 19.1. The van der Waals surface area contributed by atoms with Crippen LogP contribution < -0.4 is 25.0 Å². The van der Waals surface area contributed by atoms with E-state index in [2.05, 4.69) is 48.3 Å². The van der Waals surface area contributed by atoms with Crippen LogP contribution in [0.5, 0.6) is 11.5 Å². The Morgan fingerprint density at radius 1 is 0.923 bits per heavy atom. The monoisotopic (exact) mass is 534 g/mol. The molecule has 0 atom stereocenters. The van der Waals surface area contributed by atoms with Gasteiger partial charge in [-0.1, -0.05) is 11.8 Å². The van der Waals surface area contributed by atoms with Crippen LogP contribution in [0.3, 0.4) is 0 Å². The number of rotatable bonds is 6. The Morgan fingerprint density at radius 2 is 1.64 bits per heavy atom. The summed E-state index contributed by atoms with van der Waals surface area (Å²) < 4.78 is 39.0. The molecule has 2 aliphatic rings. The van der Waals surface area contributed by atoms with E-state index >= 15 is 0 Å². The zero-order valence-corrected chi connectivity index (χ0v) is 22.1. The van der Waals surface area contributed by atoms with Gasteiger partial charge in [-0.05, 0) is 37.1 Å². The van der Waals surface area contributed by atoms with Crippen LogP contribution in [0.25, 0.3) is 0 Å². The summed E-state index contributed by atoms with van der Waals surface area (Å²) in [5.74, 6) is 4.68. The summed E-state index contributed by atoms with van der Waals surface area (Å²) in [4.78, 5) is 13.6. The molecule has 8 nitrogen and oxygen atoms in total. The van der Waals surface area contributed by atoms with Crippen molar-refractivity contribution in [2.24, 2.45) is 0 Å². The fraction of sp³-hybridized carbons (Fsp3) is 0.379. The Kier molecular flexibility index (Phi) is 8.39. The van der Waals surface area contributed by atoms with E-state index in [4.69, 9.17) is 9.47 Å². The van der Waals surface area contributed by atoms with Gasteiger partial charge in [0.25, 0.3) is 0 Å². The lowest BCUT2D eigenvalue weighted by Crippen LogP contribution is -2.52. The van der Waals surface area contributed by atoms with Gasteiger partial charge in [0.15, 0.2) is 11.6 Å². The van der Waals surface area contributed by atoms with Crippen LogP contribution in [-0.4, -0.2) is 74.4 Å². The van der Waals surface area contributed by atoms with Crippen LogP contribution >= 0.6 is 0 Å². The van der Waals surface area contributed by atoms with Crippen molar-refractivity contribution in [3.8, 4) is 23.3 Å². The maximum absolute atomic E-state index is 14.3. The largest absolute Gasteiger partial charge is 0.495 e. The highest BCUT2D eigenvalue weighted by molar-refractivity contribution is 5.67. The molecule has 3 aromatic rings. The van der Waals surface area contributed by atoms with Crippen LogP contribution in [0.15, 0.2) is 42.7 Å². The first-order valence-corrected chi connectivity index (χ1v) is 13.1. The first kappa shape index (κ1) is 26.7. The molecule has 2 saturated heterocycles. The van der Waals surface area contributed by atoms with E-state index in [-0.39, 0.29) is 11.3 Å². The number of hydrogen-bond donors (Lipinski definition) is 2. The van der Waals surface area contributed by atoms with Gasteiger partial charge in [-0.2, -0.15) is 0 Å². The summed E-state index contributed by atoms with van der Waals surface area (Å²) >= 11 is 0. The van der Waals surface area contributed by atoms with Gasteiger partial charge in [-0.3, -0.25) is 4.90 Å². The number of benzene rings is 2. The molecule has 0 unspecified atom stereocenters. The minimum atomic E-state index is -0.842. The zero-order chi connectivity index (χ0) is 27.2. The number of aromatic nitrogens is 2. The van der Waals surface area contributed by atoms with Crippen molar-refractivity contribution < 1.29 is 18.3 Å². The van der Waals surface area contributed by atoms with Gasteiger partial charge in [-0.15, -0.1) is 0 Å². The van der Waals surface area contributed by atoms with Crippen molar-refractivity contribution >= 4 is 17.3 Å². The highest BCUT2D eigenvalue weighted by Crippen LogP contribution is 2.34. The number of piperazine rings is 1. The molecule has 1 aromatic heterocycles. The standard InChI is InChI=1S/C29H32F2N6O2/c1-38-26-8-6-24(30)23(28(26)31)5-3-20-18-33-29(34-19-20)35-21-4-7-25(27(17-21)39-2)37-13-9-22(10-14-37)36-15-11-32-12-16-36/h4,6-8,17-19,22,32H,9-16H2,1-2H3,(H,33,34,35). The minimum absolute atomic E-state index is 0.0716. The summed E-state index contributed by atoms with van der Waals surface area (Å²) in [5.41, 5.74) is 1.91. The van der Waals surface area contributed by atoms with Gasteiger partial charge in [-0.25, -0.2) is 18.7 Å². The molecule has 2 aromatic carbocycles. The lowest BCUT2D eigenvalue weighted by molar-refractivity contribution is 0.150. The van der Waals surface area contributed by atoms with Crippen LogP contribution in [0, 0.1) is 23.5 Å². The molecule has 2 aliphatic heterocycles. The minimum Gasteiger partial charge on any atom is -0.495 e. The molecule has 0 saturated carbocycles. The first-order valence-electron chi connectivity index (χ1n) is 13.1. The van der Waals surface area contributed by atoms with Crippen molar-refractivity contribution in [2.75, 3.05) is 63.7 Å². The Morgan fingerprint density at radius 3 is 2.33 bits per heavy atom. The molecule has 0 spiro atoms. The average molecular weight is 535 g/mol.